The zero-order valence-corrected chi connectivity index (χ0v) is 12.4. The van der Waals surface area contributed by atoms with Crippen molar-refractivity contribution in [3.05, 3.63) is 71.8 Å². The number of carboxylic acids is 1. The molecule has 0 aliphatic heterocycles. The van der Waals surface area contributed by atoms with Gasteiger partial charge in [-0.25, -0.2) is 0 Å². The summed E-state index contributed by atoms with van der Waals surface area (Å²) >= 11 is 0. The first kappa shape index (κ1) is 16.2. The summed E-state index contributed by atoms with van der Waals surface area (Å²) < 4.78 is 27.7. The average molecular weight is 321 g/mol. The minimum Gasteiger partial charge on any atom is -0.480 e. The van der Waals surface area contributed by atoms with E-state index in [1.165, 1.54) is 0 Å². The van der Waals surface area contributed by atoms with Crippen LogP contribution in [0.4, 0.5) is 0 Å². The molecule has 0 spiro atoms. The molecule has 6 nitrogen and oxygen atoms in total. The molecule has 0 unspecified atom stereocenters. The lowest BCUT2D eigenvalue weighted by molar-refractivity contribution is -0.134. The van der Waals surface area contributed by atoms with E-state index in [-0.39, 0.29) is 0 Å². The van der Waals surface area contributed by atoms with Crippen LogP contribution in [0.15, 0.2) is 60.7 Å². The van der Waals surface area contributed by atoms with E-state index >= 15 is 0 Å². The number of rotatable bonds is 7. The molecule has 2 aromatic rings. The molecule has 0 aromatic heterocycles. The van der Waals surface area contributed by atoms with Crippen LogP contribution in [0.1, 0.15) is 17.2 Å². The van der Waals surface area contributed by atoms with E-state index in [9.17, 15) is 13.2 Å². The van der Waals surface area contributed by atoms with Crippen LogP contribution in [-0.2, 0) is 19.2 Å². The zero-order chi connectivity index (χ0) is 16.0. The van der Waals surface area contributed by atoms with Gasteiger partial charge in [0.05, 0.1) is 6.04 Å². The van der Waals surface area contributed by atoms with E-state index in [4.69, 9.17) is 5.11 Å². The lowest BCUT2D eigenvalue weighted by Gasteiger charge is -2.18. The van der Waals surface area contributed by atoms with Crippen LogP contribution in [0.5, 0.6) is 0 Å². The first-order valence-electron chi connectivity index (χ1n) is 6.46. The average Bonchev–Trinajstić information content (AvgIpc) is 2.48. The Labute approximate surface area is 128 Å². The Kier molecular flexibility index (Phi) is 5.26. The molecule has 0 atom stereocenters. The van der Waals surface area contributed by atoms with Crippen molar-refractivity contribution in [1.82, 2.24) is 5.48 Å². The van der Waals surface area contributed by atoms with Crippen molar-refractivity contribution in [1.29, 1.82) is 0 Å². The number of nitrogens with one attached hydrogen (secondary N) is 1. The molecule has 22 heavy (non-hydrogen) atoms. The highest BCUT2D eigenvalue weighted by atomic mass is 32.2. The van der Waals surface area contributed by atoms with Crippen LogP contribution in [0.25, 0.3) is 0 Å². The minimum absolute atomic E-state index is 0.536. The summed E-state index contributed by atoms with van der Waals surface area (Å²) in [4.78, 5) is 10.5. The quantitative estimate of drug-likeness (QED) is 0.754. The molecule has 2 aromatic carbocycles. The third-order valence-electron chi connectivity index (χ3n) is 2.86. The van der Waals surface area contributed by atoms with Crippen LogP contribution >= 0.6 is 0 Å². The van der Waals surface area contributed by atoms with Crippen molar-refractivity contribution in [2.45, 2.75) is 6.04 Å². The molecule has 0 saturated carbocycles. The molecule has 2 rings (SSSR count). The lowest BCUT2D eigenvalue weighted by atomic mass is 10.00. The predicted octanol–water partition coefficient (Wildman–Crippen LogP) is 1.71. The van der Waals surface area contributed by atoms with Gasteiger partial charge in [-0.1, -0.05) is 60.7 Å². The minimum atomic E-state index is -4.20. The summed E-state index contributed by atoms with van der Waals surface area (Å²) in [5.41, 5.74) is 4.03. The first-order valence-corrected chi connectivity index (χ1v) is 8.04. The van der Waals surface area contributed by atoms with Crippen LogP contribution in [0.3, 0.4) is 0 Å². The fraction of sp³-hybridized carbons (Fsp3) is 0.133. The van der Waals surface area contributed by atoms with Crippen LogP contribution in [-0.4, -0.2) is 25.2 Å². The smallest absolute Gasteiger partial charge is 0.321 e. The summed E-state index contributed by atoms with van der Waals surface area (Å²) in [6, 6.07) is 17.7. The first-order chi connectivity index (χ1) is 10.5. The Balaban J connectivity index is 2.22. The van der Waals surface area contributed by atoms with Gasteiger partial charge in [0.25, 0.3) is 10.1 Å². The van der Waals surface area contributed by atoms with E-state index < -0.39 is 27.9 Å². The van der Waals surface area contributed by atoms with Gasteiger partial charge in [-0.3, -0.25) is 4.79 Å². The maximum absolute atomic E-state index is 11.5. The van der Waals surface area contributed by atoms with Gasteiger partial charge in [0.1, 0.15) is 0 Å². The monoisotopic (exact) mass is 321 g/mol. The molecule has 0 amide bonds. The highest BCUT2D eigenvalue weighted by Gasteiger charge is 2.21. The number of hydrogen-bond donors (Lipinski definition) is 2. The largest absolute Gasteiger partial charge is 0.480 e. The molecule has 0 aliphatic carbocycles. The number of benzene rings is 2. The fourth-order valence-electron chi connectivity index (χ4n) is 1.92. The summed E-state index contributed by atoms with van der Waals surface area (Å²) in [7, 11) is -4.20. The third kappa shape index (κ3) is 4.66. The number of carbonyl (C=O) groups is 1. The van der Waals surface area contributed by atoms with Gasteiger partial charge in [0.2, 0.25) is 0 Å². The maximum atomic E-state index is 11.5. The summed E-state index contributed by atoms with van der Waals surface area (Å²) in [6.45, 7) is 0. The molecular formula is C15H15NO5S. The van der Waals surface area contributed by atoms with E-state index in [0.29, 0.717) is 0 Å². The van der Waals surface area contributed by atoms with Crippen LogP contribution in [0, 0.1) is 0 Å². The second-order valence-electron chi connectivity index (χ2n) is 4.55. The Bertz CT molecular complexity index is 677. The zero-order valence-electron chi connectivity index (χ0n) is 11.5. The Hall–Kier alpha value is -2.22. The molecule has 0 fully saturated rings. The fourth-order valence-corrected chi connectivity index (χ4v) is 2.53. The van der Waals surface area contributed by atoms with Gasteiger partial charge in [0, 0.05) is 0 Å². The van der Waals surface area contributed by atoms with Crippen molar-refractivity contribution in [2.24, 2.45) is 0 Å². The van der Waals surface area contributed by atoms with Crippen LogP contribution < -0.4 is 5.48 Å². The highest BCUT2D eigenvalue weighted by Crippen LogP contribution is 2.22. The van der Waals surface area contributed by atoms with Gasteiger partial charge >= 0.3 is 5.97 Å². The molecular weight excluding hydrogens is 306 g/mol. The molecule has 0 radical (unpaired) electrons. The topological polar surface area (TPSA) is 92.7 Å². The predicted molar refractivity (Wildman–Crippen MR) is 80.4 cm³/mol. The van der Waals surface area contributed by atoms with Crippen molar-refractivity contribution in [2.75, 3.05) is 5.75 Å². The highest BCUT2D eigenvalue weighted by molar-refractivity contribution is 7.87. The van der Waals surface area contributed by atoms with Crippen molar-refractivity contribution in [3.63, 3.8) is 0 Å². The normalized spacial score (nSPS) is 11.5. The van der Waals surface area contributed by atoms with Crippen molar-refractivity contribution >= 4 is 16.1 Å². The second kappa shape index (κ2) is 7.17. The molecule has 0 heterocycles. The standard InChI is InChI=1S/C15H15NO5S/c17-14(18)11-22(19,20)21-16-15(12-7-3-1-4-8-12)13-9-5-2-6-10-13/h1-10,15-16H,11H2,(H,17,18). The SMILES string of the molecule is O=C(O)CS(=O)(=O)ONC(c1ccccc1)c1ccccc1. The third-order valence-corrected chi connectivity index (χ3v) is 3.81. The summed E-state index contributed by atoms with van der Waals surface area (Å²) in [5, 5.41) is 8.56. The summed E-state index contributed by atoms with van der Waals surface area (Å²) in [6.07, 6.45) is 0. The van der Waals surface area contributed by atoms with Crippen LogP contribution in [0.2, 0.25) is 0 Å². The van der Waals surface area contributed by atoms with Gasteiger partial charge in [-0.05, 0) is 11.1 Å². The van der Waals surface area contributed by atoms with Gasteiger partial charge in [-0.15, -0.1) is 0 Å². The van der Waals surface area contributed by atoms with Crippen molar-refractivity contribution < 1.29 is 22.6 Å². The molecule has 0 aliphatic rings. The number of hydroxylamine groups is 1. The van der Waals surface area contributed by atoms with Crippen molar-refractivity contribution in [3.8, 4) is 0 Å². The number of aliphatic carboxylic acids is 1. The molecule has 0 saturated heterocycles. The van der Waals surface area contributed by atoms with E-state index in [1.807, 2.05) is 60.7 Å². The molecule has 2 N–H and O–H groups in total. The summed E-state index contributed by atoms with van der Waals surface area (Å²) in [5.74, 6) is -2.58. The number of carboxylic acid groups (broad SMARTS) is 1. The molecule has 116 valence electrons. The van der Waals surface area contributed by atoms with E-state index in [2.05, 4.69) is 9.76 Å². The maximum Gasteiger partial charge on any atom is 0.321 e. The van der Waals surface area contributed by atoms with E-state index in [0.717, 1.165) is 11.1 Å². The second-order valence-corrected chi connectivity index (χ2v) is 6.12. The Morgan fingerprint density at radius 1 is 1.00 bits per heavy atom. The van der Waals surface area contributed by atoms with E-state index in [1.54, 1.807) is 0 Å². The Morgan fingerprint density at radius 3 is 1.86 bits per heavy atom. The lowest BCUT2D eigenvalue weighted by Crippen LogP contribution is -2.29. The number of hydrogen-bond acceptors (Lipinski definition) is 5. The van der Waals surface area contributed by atoms with Gasteiger partial charge in [-0.2, -0.15) is 18.2 Å². The Morgan fingerprint density at radius 2 is 1.45 bits per heavy atom. The van der Waals surface area contributed by atoms with Gasteiger partial charge < -0.3 is 5.11 Å². The van der Waals surface area contributed by atoms with Gasteiger partial charge in [0.15, 0.2) is 5.75 Å². The molecule has 0 bridgehead atoms. The molecule has 7 heteroatoms.